The van der Waals surface area contributed by atoms with Crippen molar-refractivity contribution in [2.24, 2.45) is 5.73 Å². The number of halogens is 3. The Kier molecular flexibility index (Phi) is 7.12. The van der Waals surface area contributed by atoms with Gasteiger partial charge in [-0.2, -0.15) is 5.10 Å². The molecule has 0 saturated carbocycles. The van der Waals surface area contributed by atoms with Crippen molar-refractivity contribution in [1.82, 2.24) is 14.6 Å². The van der Waals surface area contributed by atoms with Gasteiger partial charge in [-0.05, 0) is 42.5 Å². The third-order valence-corrected chi connectivity index (χ3v) is 4.73. The van der Waals surface area contributed by atoms with Gasteiger partial charge in [0.25, 0.3) is 5.91 Å². The Morgan fingerprint density at radius 1 is 1.18 bits per heavy atom. The Hall–Kier alpha value is -3.73. The number of carbonyl (C=O) groups is 2. The van der Waals surface area contributed by atoms with Gasteiger partial charge in [0.2, 0.25) is 0 Å². The lowest BCUT2D eigenvalue weighted by molar-refractivity contribution is 0.0696. The van der Waals surface area contributed by atoms with Crippen LogP contribution in [0.3, 0.4) is 0 Å². The Morgan fingerprint density at radius 2 is 1.97 bits per heavy atom. The van der Waals surface area contributed by atoms with Gasteiger partial charge in [0, 0.05) is 18.3 Å². The molecule has 4 aromatic rings. The standard InChI is InChI=1S/C21H15ClFN5O4.ClH/c22-18-5-6-28-19(27-18)14(10-25-28)20(29)26-15-3-1-11(21(30)31)8-17(15)32-16-4-2-13(23)7-12(16)9-24;/h1-8,10H,9,24H2,(H,26,29)(H,30,31);1H. The average Bonchev–Trinajstić information content (AvgIpc) is 3.19. The maximum atomic E-state index is 13.5. The van der Waals surface area contributed by atoms with Crippen molar-refractivity contribution in [3.63, 3.8) is 0 Å². The molecule has 0 aliphatic heterocycles. The molecule has 0 atom stereocenters. The first-order valence-corrected chi connectivity index (χ1v) is 9.58. The van der Waals surface area contributed by atoms with Crippen LogP contribution in [0.15, 0.2) is 54.9 Å². The Morgan fingerprint density at radius 3 is 2.70 bits per heavy atom. The summed E-state index contributed by atoms with van der Waals surface area (Å²) in [5.41, 5.74) is 6.51. The second-order valence-electron chi connectivity index (χ2n) is 6.61. The van der Waals surface area contributed by atoms with E-state index >= 15 is 0 Å². The molecule has 0 bridgehead atoms. The molecular formula is C21H16Cl2FN5O4. The zero-order chi connectivity index (χ0) is 22.8. The molecule has 2 heterocycles. The topological polar surface area (TPSA) is 132 Å². The van der Waals surface area contributed by atoms with E-state index in [1.54, 1.807) is 6.20 Å². The summed E-state index contributed by atoms with van der Waals surface area (Å²) in [5.74, 6) is -2.00. The molecular weight excluding hydrogens is 476 g/mol. The van der Waals surface area contributed by atoms with Crippen LogP contribution in [0.1, 0.15) is 26.3 Å². The Balaban J connectivity index is 0.00000306. The van der Waals surface area contributed by atoms with Gasteiger partial charge in [-0.1, -0.05) is 11.6 Å². The highest BCUT2D eigenvalue weighted by atomic mass is 35.5. The fourth-order valence-corrected chi connectivity index (χ4v) is 3.10. The molecule has 4 N–H and O–H groups in total. The van der Waals surface area contributed by atoms with E-state index in [2.05, 4.69) is 15.4 Å². The van der Waals surface area contributed by atoms with Crippen molar-refractivity contribution in [1.29, 1.82) is 0 Å². The molecule has 4 rings (SSSR count). The number of anilines is 1. The average molecular weight is 492 g/mol. The fraction of sp³-hybridized carbons (Fsp3) is 0.0476. The summed E-state index contributed by atoms with van der Waals surface area (Å²) in [6.07, 6.45) is 2.88. The molecule has 0 unspecified atom stereocenters. The number of hydrogen-bond donors (Lipinski definition) is 3. The van der Waals surface area contributed by atoms with Crippen LogP contribution in [0.2, 0.25) is 5.15 Å². The zero-order valence-corrected chi connectivity index (χ0v) is 18.2. The van der Waals surface area contributed by atoms with Crippen molar-refractivity contribution < 1.29 is 23.8 Å². The number of carboxylic acids is 1. The van der Waals surface area contributed by atoms with E-state index in [9.17, 15) is 19.1 Å². The van der Waals surface area contributed by atoms with Crippen LogP contribution in [-0.4, -0.2) is 31.6 Å². The summed E-state index contributed by atoms with van der Waals surface area (Å²) in [4.78, 5) is 28.4. The van der Waals surface area contributed by atoms with Crippen molar-refractivity contribution in [2.45, 2.75) is 6.54 Å². The van der Waals surface area contributed by atoms with Gasteiger partial charge in [-0.3, -0.25) is 4.79 Å². The first-order chi connectivity index (χ1) is 15.4. The molecule has 0 spiro atoms. The third-order valence-electron chi connectivity index (χ3n) is 4.52. The number of nitrogens with zero attached hydrogens (tertiary/aromatic N) is 3. The van der Waals surface area contributed by atoms with Crippen LogP contribution in [0, 0.1) is 5.82 Å². The second-order valence-corrected chi connectivity index (χ2v) is 6.99. The van der Waals surface area contributed by atoms with Crippen LogP contribution in [-0.2, 0) is 6.54 Å². The molecule has 0 aliphatic carbocycles. The number of rotatable bonds is 6. The van der Waals surface area contributed by atoms with Crippen LogP contribution in [0.5, 0.6) is 11.5 Å². The number of nitrogens with two attached hydrogens (primary N) is 1. The van der Waals surface area contributed by atoms with Crippen LogP contribution in [0.4, 0.5) is 10.1 Å². The molecule has 0 aliphatic rings. The minimum atomic E-state index is -1.19. The van der Waals surface area contributed by atoms with Gasteiger partial charge >= 0.3 is 5.97 Å². The number of benzene rings is 2. The summed E-state index contributed by atoms with van der Waals surface area (Å²) in [5, 5.41) is 16.2. The molecule has 170 valence electrons. The van der Waals surface area contributed by atoms with Gasteiger partial charge in [0.1, 0.15) is 22.3 Å². The van der Waals surface area contributed by atoms with E-state index in [1.165, 1.54) is 53.2 Å². The van der Waals surface area contributed by atoms with E-state index in [1.807, 2.05) is 0 Å². The van der Waals surface area contributed by atoms with Gasteiger partial charge in [-0.25, -0.2) is 18.7 Å². The largest absolute Gasteiger partial charge is 0.478 e. The van der Waals surface area contributed by atoms with Gasteiger partial charge < -0.3 is 20.9 Å². The Bertz CT molecular complexity index is 1360. The van der Waals surface area contributed by atoms with Crippen LogP contribution >= 0.6 is 24.0 Å². The molecule has 12 heteroatoms. The monoisotopic (exact) mass is 491 g/mol. The van der Waals surface area contributed by atoms with Gasteiger partial charge in [0.05, 0.1) is 17.4 Å². The zero-order valence-electron chi connectivity index (χ0n) is 16.7. The van der Waals surface area contributed by atoms with Crippen molar-refractivity contribution in [3.8, 4) is 11.5 Å². The minimum absolute atomic E-state index is 0. The lowest BCUT2D eigenvalue weighted by Crippen LogP contribution is -2.13. The molecule has 1 amide bonds. The summed E-state index contributed by atoms with van der Waals surface area (Å²) < 4.78 is 20.7. The number of carboxylic acid groups (broad SMARTS) is 1. The highest BCUT2D eigenvalue weighted by Crippen LogP contribution is 2.33. The molecule has 2 aromatic carbocycles. The molecule has 33 heavy (non-hydrogen) atoms. The molecule has 9 nitrogen and oxygen atoms in total. The van der Waals surface area contributed by atoms with E-state index in [-0.39, 0.29) is 58.1 Å². The van der Waals surface area contributed by atoms with E-state index in [0.29, 0.717) is 5.56 Å². The maximum absolute atomic E-state index is 13.5. The molecule has 0 radical (unpaired) electrons. The summed E-state index contributed by atoms with van der Waals surface area (Å²) in [6, 6.07) is 9.22. The lowest BCUT2D eigenvalue weighted by atomic mass is 10.1. The molecule has 2 aromatic heterocycles. The number of aromatic nitrogens is 3. The third kappa shape index (κ3) is 5.03. The first kappa shape index (κ1) is 23.9. The highest BCUT2D eigenvalue weighted by Gasteiger charge is 2.19. The van der Waals surface area contributed by atoms with Crippen molar-refractivity contribution in [3.05, 3.63) is 82.5 Å². The van der Waals surface area contributed by atoms with E-state index in [0.717, 1.165) is 0 Å². The second kappa shape index (κ2) is 9.82. The lowest BCUT2D eigenvalue weighted by Gasteiger charge is -2.15. The summed E-state index contributed by atoms with van der Waals surface area (Å²) in [7, 11) is 0. The quantitative estimate of drug-likeness (QED) is 0.345. The number of aromatic carboxylic acids is 1. The smallest absolute Gasteiger partial charge is 0.335 e. The summed E-state index contributed by atoms with van der Waals surface area (Å²) >= 11 is 5.92. The predicted molar refractivity (Wildman–Crippen MR) is 121 cm³/mol. The van der Waals surface area contributed by atoms with E-state index < -0.39 is 17.7 Å². The predicted octanol–water partition coefficient (Wildman–Crippen LogP) is 4.15. The molecule has 0 saturated heterocycles. The number of ether oxygens (including phenoxy) is 1. The van der Waals surface area contributed by atoms with Gasteiger partial charge in [-0.15, -0.1) is 12.4 Å². The fourth-order valence-electron chi connectivity index (χ4n) is 2.97. The van der Waals surface area contributed by atoms with Crippen LogP contribution < -0.4 is 15.8 Å². The van der Waals surface area contributed by atoms with Crippen LogP contribution in [0.25, 0.3) is 5.65 Å². The number of hydrogen-bond acceptors (Lipinski definition) is 6. The number of fused-ring (bicyclic) bond motifs is 1. The SMILES string of the molecule is Cl.NCc1cc(F)ccc1Oc1cc(C(=O)O)ccc1NC(=O)c1cnn2ccc(Cl)nc12. The first-order valence-electron chi connectivity index (χ1n) is 9.20. The molecule has 0 fully saturated rings. The number of nitrogens with one attached hydrogen (secondary N) is 1. The summed E-state index contributed by atoms with van der Waals surface area (Å²) in [6.45, 7) is -0.0117. The number of amides is 1. The van der Waals surface area contributed by atoms with E-state index in [4.69, 9.17) is 22.1 Å². The van der Waals surface area contributed by atoms with Gasteiger partial charge in [0.15, 0.2) is 11.4 Å². The van der Waals surface area contributed by atoms with Crippen molar-refractivity contribution >= 4 is 47.2 Å². The normalized spacial score (nSPS) is 10.5. The Labute approximate surface area is 197 Å². The maximum Gasteiger partial charge on any atom is 0.335 e. The highest BCUT2D eigenvalue weighted by molar-refractivity contribution is 6.29. The minimum Gasteiger partial charge on any atom is -0.478 e. The number of carbonyl (C=O) groups excluding carboxylic acids is 1. The van der Waals surface area contributed by atoms with Crippen molar-refractivity contribution in [2.75, 3.05) is 5.32 Å².